The number of hydrogen-bond acceptors (Lipinski definition) is 2. The molecule has 0 aliphatic heterocycles. The molecule has 0 aliphatic rings. The van der Waals surface area contributed by atoms with E-state index in [1.807, 2.05) is 6.07 Å². The fraction of sp³-hybridized carbons (Fsp3) is 0.300. The topological polar surface area (TPSA) is 49.6 Å². The molecule has 2 N–H and O–H groups in total. The summed E-state index contributed by atoms with van der Waals surface area (Å²) in [5, 5.41) is 6.66. The lowest BCUT2D eigenvalue weighted by Gasteiger charge is -2.09. The van der Waals surface area contributed by atoms with Gasteiger partial charge in [-0.3, -0.25) is 4.99 Å². The lowest BCUT2D eigenvalue weighted by atomic mass is 10.3. The van der Waals surface area contributed by atoms with Crippen LogP contribution in [-0.4, -0.2) is 19.6 Å². The molecule has 1 aromatic rings. The molecule has 0 unspecified atom stereocenters. The largest absolute Gasteiger partial charge is 0.472 e. The molecule has 1 heterocycles. The average molecular weight is 356 g/mol. The van der Waals surface area contributed by atoms with Gasteiger partial charge in [-0.1, -0.05) is 18.2 Å². The lowest BCUT2D eigenvalue weighted by molar-refractivity contribution is 0.563. The molecule has 90 valence electrons. The van der Waals surface area contributed by atoms with Crippen molar-refractivity contribution < 1.29 is 4.42 Å². The number of furan rings is 1. The molecule has 0 radical (unpaired) electrons. The summed E-state index contributed by atoms with van der Waals surface area (Å²) in [7, 11) is 1.70. The van der Waals surface area contributed by atoms with Crippen molar-refractivity contribution >= 4 is 41.5 Å². The second kappa shape index (κ2) is 8.46. The van der Waals surface area contributed by atoms with E-state index in [0.29, 0.717) is 24.1 Å². The summed E-state index contributed by atoms with van der Waals surface area (Å²) in [4.78, 5) is 4.02. The first kappa shape index (κ1) is 15.3. The number of hydrogen-bond donors (Lipinski definition) is 2. The summed E-state index contributed by atoms with van der Waals surface area (Å²) < 4.78 is 4.94. The van der Waals surface area contributed by atoms with E-state index in [1.165, 1.54) is 0 Å². The highest BCUT2D eigenvalue weighted by Gasteiger charge is 1.98. The van der Waals surface area contributed by atoms with E-state index in [2.05, 4.69) is 22.2 Å². The van der Waals surface area contributed by atoms with Gasteiger partial charge in [0.2, 0.25) is 0 Å². The van der Waals surface area contributed by atoms with Gasteiger partial charge in [0.05, 0.1) is 19.1 Å². The van der Waals surface area contributed by atoms with Crippen LogP contribution in [0.3, 0.4) is 0 Å². The maximum absolute atomic E-state index is 5.62. The average Bonchev–Trinajstić information content (AvgIpc) is 2.70. The van der Waals surface area contributed by atoms with Gasteiger partial charge in [-0.25, -0.2) is 0 Å². The van der Waals surface area contributed by atoms with E-state index in [1.54, 1.807) is 19.6 Å². The Hall–Kier alpha value is -0.690. The SMILES string of the molecule is C=C(Cl)CNC(=NC)NCc1ccoc1.I. The quantitative estimate of drug-likeness (QED) is 0.495. The van der Waals surface area contributed by atoms with Gasteiger partial charge in [-0.05, 0) is 6.07 Å². The van der Waals surface area contributed by atoms with Crippen LogP contribution in [0.25, 0.3) is 0 Å². The fourth-order valence-electron chi connectivity index (χ4n) is 0.979. The Morgan fingerprint density at radius 1 is 1.56 bits per heavy atom. The molecule has 16 heavy (non-hydrogen) atoms. The summed E-state index contributed by atoms with van der Waals surface area (Å²) in [6.45, 7) is 4.73. The zero-order valence-electron chi connectivity index (χ0n) is 9.00. The van der Waals surface area contributed by atoms with Gasteiger partial charge in [-0.2, -0.15) is 0 Å². The number of nitrogens with zero attached hydrogens (tertiary/aromatic N) is 1. The van der Waals surface area contributed by atoms with E-state index >= 15 is 0 Å². The molecule has 0 fully saturated rings. The van der Waals surface area contributed by atoms with Gasteiger partial charge in [-0.15, -0.1) is 24.0 Å². The number of guanidine groups is 1. The summed E-state index contributed by atoms with van der Waals surface area (Å²) in [6, 6.07) is 1.89. The highest BCUT2D eigenvalue weighted by molar-refractivity contribution is 14.0. The second-order valence-corrected chi connectivity index (χ2v) is 3.46. The Balaban J connectivity index is 0.00000225. The van der Waals surface area contributed by atoms with Crippen molar-refractivity contribution in [1.82, 2.24) is 10.6 Å². The van der Waals surface area contributed by atoms with Crippen LogP contribution < -0.4 is 10.6 Å². The number of nitrogens with one attached hydrogen (secondary N) is 2. The van der Waals surface area contributed by atoms with Crippen LogP contribution in [0, 0.1) is 0 Å². The van der Waals surface area contributed by atoms with Crippen LogP contribution in [0.15, 0.2) is 39.6 Å². The van der Waals surface area contributed by atoms with Gasteiger partial charge in [0.15, 0.2) is 5.96 Å². The predicted molar refractivity (Wildman–Crippen MR) is 77.3 cm³/mol. The third kappa shape index (κ3) is 6.02. The van der Waals surface area contributed by atoms with Crippen molar-refractivity contribution in [1.29, 1.82) is 0 Å². The molecular weight excluding hydrogens is 340 g/mol. The van der Waals surface area contributed by atoms with Crippen molar-refractivity contribution in [2.45, 2.75) is 6.54 Å². The van der Waals surface area contributed by atoms with Gasteiger partial charge in [0.25, 0.3) is 0 Å². The summed E-state index contributed by atoms with van der Waals surface area (Å²) in [5.74, 6) is 0.679. The molecule has 0 saturated carbocycles. The van der Waals surface area contributed by atoms with Gasteiger partial charge in [0, 0.05) is 24.2 Å². The van der Waals surface area contributed by atoms with E-state index in [0.717, 1.165) is 5.56 Å². The normalized spacial score (nSPS) is 10.5. The molecule has 1 aromatic heterocycles. The highest BCUT2D eigenvalue weighted by Crippen LogP contribution is 1.98. The van der Waals surface area contributed by atoms with Gasteiger partial charge < -0.3 is 15.1 Å². The molecule has 0 aromatic carbocycles. The minimum Gasteiger partial charge on any atom is -0.472 e. The summed E-state index contributed by atoms with van der Waals surface area (Å²) in [6.07, 6.45) is 3.31. The molecule has 0 bridgehead atoms. The van der Waals surface area contributed by atoms with Crippen LogP contribution in [0.2, 0.25) is 0 Å². The monoisotopic (exact) mass is 355 g/mol. The Kier molecular flexibility index (Phi) is 8.10. The molecule has 4 nitrogen and oxygen atoms in total. The maximum Gasteiger partial charge on any atom is 0.191 e. The van der Waals surface area contributed by atoms with Crippen molar-refractivity contribution in [3.8, 4) is 0 Å². The highest BCUT2D eigenvalue weighted by atomic mass is 127. The van der Waals surface area contributed by atoms with Gasteiger partial charge in [0.1, 0.15) is 0 Å². The summed E-state index contributed by atoms with van der Waals surface area (Å²) >= 11 is 5.62. The molecule has 0 atom stereocenters. The predicted octanol–water partition coefficient (Wildman–Crippen LogP) is 2.32. The fourth-order valence-corrected chi connectivity index (χ4v) is 1.05. The van der Waals surface area contributed by atoms with E-state index < -0.39 is 0 Å². The van der Waals surface area contributed by atoms with Crippen molar-refractivity contribution in [2.75, 3.05) is 13.6 Å². The Bertz CT molecular complexity index is 338. The number of rotatable bonds is 4. The first-order chi connectivity index (χ1) is 7.22. The smallest absolute Gasteiger partial charge is 0.191 e. The van der Waals surface area contributed by atoms with Crippen LogP contribution in [0.4, 0.5) is 0 Å². The van der Waals surface area contributed by atoms with Crippen LogP contribution in [0.5, 0.6) is 0 Å². The zero-order valence-corrected chi connectivity index (χ0v) is 12.1. The van der Waals surface area contributed by atoms with E-state index in [4.69, 9.17) is 16.0 Å². The molecule has 0 aliphatic carbocycles. The van der Waals surface area contributed by atoms with E-state index in [9.17, 15) is 0 Å². The first-order valence-electron chi connectivity index (χ1n) is 4.51. The van der Waals surface area contributed by atoms with Crippen LogP contribution >= 0.6 is 35.6 Å². The Morgan fingerprint density at radius 3 is 2.81 bits per heavy atom. The molecule has 1 rings (SSSR count). The first-order valence-corrected chi connectivity index (χ1v) is 4.89. The molecular formula is C10H15ClIN3O. The molecule has 6 heteroatoms. The third-order valence-corrected chi connectivity index (χ3v) is 1.84. The second-order valence-electron chi connectivity index (χ2n) is 2.93. The number of aliphatic imine (C=N–C) groups is 1. The molecule has 0 saturated heterocycles. The van der Waals surface area contributed by atoms with Gasteiger partial charge >= 0.3 is 0 Å². The lowest BCUT2D eigenvalue weighted by Crippen LogP contribution is -2.37. The summed E-state index contributed by atoms with van der Waals surface area (Å²) in [5.41, 5.74) is 1.06. The molecule has 0 spiro atoms. The minimum atomic E-state index is 0. The third-order valence-electron chi connectivity index (χ3n) is 1.71. The Morgan fingerprint density at radius 2 is 2.31 bits per heavy atom. The van der Waals surface area contributed by atoms with Crippen LogP contribution in [0.1, 0.15) is 5.56 Å². The standard InChI is InChI=1S/C10H14ClN3O.HI/c1-8(11)5-13-10(12-2)14-6-9-3-4-15-7-9;/h3-4,7H,1,5-6H2,2H3,(H2,12,13,14);1H. The maximum atomic E-state index is 5.62. The van der Waals surface area contributed by atoms with Crippen molar-refractivity contribution in [2.24, 2.45) is 4.99 Å². The Labute approximate surface area is 117 Å². The van der Waals surface area contributed by atoms with Crippen molar-refractivity contribution in [3.05, 3.63) is 35.8 Å². The minimum absolute atomic E-state index is 0. The molecule has 0 amide bonds. The number of halogens is 2. The van der Waals surface area contributed by atoms with Crippen LogP contribution in [-0.2, 0) is 6.54 Å². The van der Waals surface area contributed by atoms with Crippen molar-refractivity contribution in [3.63, 3.8) is 0 Å². The van der Waals surface area contributed by atoms with E-state index in [-0.39, 0.29) is 24.0 Å². The zero-order chi connectivity index (χ0) is 11.1.